The second kappa shape index (κ2) is 52.8. The molecule has 29 heteroatoms. The predicted octanol–water partition coefficient (Wildman–Crippen LogP) is 15.6. The average molecular weight is 1830 g/mol. The number of benzene rings is 5. The van der Waals surface area contributed by atoms with Crippen molar-refractivity contribution in [2.45, 2.75) is 99.6 Å². The van der Waals surface area contributed by atoms with Crippen LogP contribution in [0.5, 0.6) is 28.7 Å². The fourth-order valence-corrected chi connectivity index (χ4v) is 9.23. The van der Waals surface area contributed by atoms with Crippen LogP contribution < -0.4 is 18.9 Å². The van der Waals surface area contributed by atoms with Crippen molar-refractivity contribution < 1.29 is 96.0 Å². The molecule has 5 aromatic carbocycles. The van der Waals surface area contributed by atoms with Crippen molar-refractivity contribution in [2.75, 3.05) is 64.8 Å². The van der Waals surface area contributed by atoms with E-state index in [1.54, 1.807) is 120 Å². The Balaban J connectivity index is 0. The van der Waals surface area contributed by atoms with Gasteiger partial charge < -0.3 is 52.8 Å². The van der Waals surface area contributed by atoms with E-state index in [1.165, 1.54) is 6.07 Å². The molecule has 20 nitrogen and oxygen atoms in total. The maximum Gasteiger partial charge on any atom is 0.344 e. The number of phenols is 1. The second-order valence-corrected chi connectivity index (χ2v) is 41.9. The van der Waals surface area contributed by atoms with Gasteiger partial charge >= 0.3 is 29.8 Å². The number of aliphatic hydroxyl groups excluding tert-OH is 1. The third kappa shape index (κ3) is 46.9. The van der Waals surface area contributed by atoms with Gasteiger partial charge in [-0.25, -0.2) is 19.2 Å². The van der Waals surface area contributed by atoms with Crippen molar-refractivity contribution in [2.24, 2.45) is 0 Å². The molecule has 546 valence electrons. The second-order valence-electron chi connectivity index (χ2n) is 22.5. The van der Waals surface area contributed by atoms with E-state index in [-0.39, 0.29) is 68.5 Å². The maximum absolute atomic E-state index is 12.3. The number of hydrogen-bond acceptors (Lipinski definition) is 20. The van der Waals surface area contributed by atoms with E-state index < -0.39 is 60.0 Å². The first-order chi connectivity index (χ1) is 47.3. The van der Waals surface area contributed by atoms with E-state index in [9.17, 15) is 48.3 Å². The van der Waals surface area contributed by atoms with Crippen LogP contribution in [0.15, 0.2) is 113 Å². The number of carbonyl (C=O) groups is 9. The van der Waals surface area contributed by atoms with E-state index in [4.69, 9.17) is 55.8 Å². The molecule has 0 spiro atoms. The van der Waals surface area contributed by atoms with Gasteiger partial charge in [0, 0.05) is 27.9 Å². The maximum atomic E-state index is 12.3. The van der Waals surface area contributed by atoms with Crippen LogP contribution in [0.1, 0.15) is 87.7 Å². The van der Waals surface area contributed by atoms with Crippen molar-refractivity contribution in [1.82, 2.24) is 0 Å². The topological polar surface area (TPSA) is 277 Å². The molecule has 101 heavy (non-hydrogen) atoms. The Labute approximate surface area is 645 Å². The van der Waals surface area contributed by atoms with E-state index in [0.717, 1.165) is 17.9 Å². The number of ketones is 2. The lowest BCUT2D eigenvalue weighted by Crippen LogP contribution is -2.18. The molecule has 0 aliphatic carbocycles. The number of hydrogen-bond donors (Lipinski definition) is 2. The van der Waals surface area contributed by atoms with Crippen molar-refractivity contribution in [3.05, 3.63) is 141 Å². The van der Waals surface area contributed by atoms with Gasteiger partial charge in [-0.3, -0.25) is 24.0 Å². The van der Waals surface area contributed by atoms with Crippen LogP contribution in [-0.2, 0) is 47.7 Å². The quantitative estimate of drug-likeness (QED) is 0.00898. The lowest BCUT2D eigenvalue weighted by molar-refractivity contribution is -0.146. The van der Waals surface area contributed by atoms with Gasteiger partial charge in [0.05, 0.1) is 55.3 Å². The highest BCUT2D eigenvalue weighted by atomic mass is 79.9. The molecule has 0 amide bonds. The largest absolute Gasteiger partial charge is 0.507 e. The monoisotopic (exact) mass is 1830 g/mol. The number of aromatic hydroxyl groups is 1. The molecule has 0 aliphatic heterocycles. The molecule has 1 atom stereocenters. The Morgan fingerprint density at radius 3 is 1.13 bits per heavy atom. The van der Waals surface area contributed by atoms with Gasteiger partial charge in [-0.15, -0.1) is 29.5 Å². The van der Waals surface area contributed by atoms with Crippen LogP contribution >= 0.6 is 95.6 Å². The van der Waals surface area contributed by atoms with Crippen LogP contribution in [0.3, 0.4) is 0 Å². The minimum absolute atomic E-state index is 0.0122. The average Bonchev–Trinajstić information content (AvgIpc) is 0.912. The summed E-state index contributed by atoms with van der Waals surface area (Å²) in [5.41, 5.74) is 10.7. The third-order valence-corrected chi connectivity index (χ3v) is 16.1. The van der Waals surface area contributed by atoms with Gasteiger partial charge in [-0.1, -0.05) is 160 Å². The SMILES string of the molecule is C#CC(=O)c1cc(Br)ccc1OCC(=O)OCC.C#C[Si](C)(C)C.CCOC(=O)CBr.CCOC(=O)COc1ccc(Br)cc1C(=O)C#C[Si](C)(C)C.CCOC(=O)COc1ccc(Br)cc1C(O)C#C[Si](C)(C)C.CCOC(=O)COc1ccc(Br)cc1C=O.O=Cc1cc(Br)ccc1O. The summed E-state index contributed by atoms with van der Waals surface area (Å²) in [7, 11) is -4.32. The molecule has 5 aromatic rings. The van der Waals surface area contributed by atoms with Gasteiger partial charge in [0.2, 0.25) is 11.6 Å². The number of carbonyl (C=O) groups excluding carboxylic acids is 9. The summed E-state index contributed by atoms with van der Waals surface area (Å²) in [6.45, 7) is 28.3. The standard InChI is InChI=1S/C16H21BrO4Si.C16H19BrO4Si.C13H11BrO4.C11H11BrO4.C7H5BrO2.C5H10Si.C4H7BrO2/c2*1-5-20-16(19)11-21-15-7-6-12(17)10-13(15)14(18)8-9-22(2,3)4;1-3-11(15)10-7-9(14)5-6-12(10)18-8-13(16)17-4-2;1-2-15-11(14)7-16-10-4-3-9(12)5-8(10)6-13;8-6-1-2-7(10)5(3-6)4-9;1-5-6(2,3)4;1-2-7-4(6)3-5/h6-7,10,14,18H,5,11H2,1-4H3;6-7,10H,5,11H2,1-4H3;1,5-7H,4,8H2,2H3;3-6H,2,7H2,1H3;1-4,10H;1H,2-4H3;2-3H2,1H3. The number of halogens is 6. The van der Waals surface area contributed by atoms with Gasteiger partial charge in [0.15, 0.2) is 39.0 Å². The summed E-state index contributed by atoms with van der Waals surface area (Å²) < 4.78 is 48.6. The minimum atomic E-state index is -1.64. The molecule has 0 saturated heterocycles. The van der Waals surface area contributed by atoms with Crippen LogP contribution in [0.25, 0.3) is 0 Å². The molecule has 2 N–H and O–H groups in total. The number of esters is 5. The lowest BCUT2D eigenvalue weighted by atomic mass is 10.1. The Bertz CT molecular complexity index is 3750. The number of phenolic OH excluding ortho intramolecular Hbond substituents is 1. The molecule has 5 rings (SSSR count). The Morgan fingerprint density at radius 2 is 0.782 bits per heavy atom. The van der Waals surface area contributed by atoms with Gasteiger partial charge in [0.1, 0.15) is 64.4 Å². The van der Waals surface area contributed by atoms with Gasteiger partial charge in [-0.2, -0.15) is 0 Å². The van der Waals surface area contributed by atoms with E-state index >= 15 is 0 Å². The van der Waals surface area contributed by atoms with E-state index in [2.05, 4.69) is 188 Å². The number of rotatable bonds is 23. The molecular weight excluding hydrogens is 1750 g/mol. The number of Topliss-reactive ketones (excluding diaryl/α,β-unsaturated/α-hetero) is 2. The molecule has 0 aromatic heterocycles. The molecular formula is C72H84Br6O20Si3. The molecule has 0 bridgehead atoms. The molecule has 0 aliphatic rings. The van der Waals surface area contributed by atoms with Crippen LogP contribution in [-0.4, -0.2) is 153 Å². The number of aliphatic hydroxyl groups is 1. The number of terminal acetylenes is 2. The summed E-state index contributed by atoms with van der Waals surface area (Å²) >= 11 is 19.3. The van der Waals surface area contributed by atoms with Crippen molar-refractivity contribution in [1.29, 1.82) is 0 Å². The molecule has 0 radical (unpaired) electrons. The molecule has 0 fully saturated rings. The summed E-state index contributed by atoms with van der Waals surface area (Å²) in [5.74, 6) is 6.03. The summed E-state index contributed by atoms with van der Waals surface area (Å²) in [6.07, 6.45) is 10.5. The predicted molar refractivity (Wildman–Crippen MR) is 419 cm³/mol. The van der Waals surface area contributed by atoms with Crippen molar-refractivity contribution in [3.8, 4) is 76.0 Å². The van der Waals surface area contributed by atoms with Gasteiger partial charge in [-0.05, 0) is 137 Å². The number of ether oxygens (including phenoxy) is 9. The zero-order valence-corrected chi connectivity index (χ0v) is 71.1. The first-order valence-corrected chi connectivity index (χ1v) is 46.1. The summed E-state index contributed by atoms with van der Waals surface area (Å²) in [6, 6.07) is 24.7. The highest BCUT2D eigenvalue weighted by molar-refractivity contribution is 9.11. The zero-order valence-electron chi connectivity index (χ0n) is 58.6. The highest BCUT2D eigenvalue weighted by Crippen LogP contribution is 2.30. The zero-order chi connectivity index (χ0) is 77.5. The van der Waals surface area contributed by atoms with Crippen LogP contribution in [0, 0.1) is 47.2 Å². The van der Waals surface area contributed by atoms with Gasteiger partial charge in [0.25, 0.3) is 0 Å². The fraction of sp³-hybridized carbons (Fsp3) is 0.347. The van der Waals surface area contributed by atoms with Crippen LogP contribution in [0.2, 0.25) is 58.9 Å². The van der Waals surface area contributed by atoms with E-state index in [0.29, 0.717) is 81.7 Å². The van der Waals surface area contributed by atoms with Crippen molar-refractivity contribution in [3.63, 3.8) is 0 Å². The first-order valence-electron chi connectivity index (χ1n) is 30.5. The number of alkyl halides is 1. The minimum Gasteiger partial charge on any atom is -0.507 e. The number of aldehydes is 2. The Kier molecular flexibility index (Phi) is 50.1. The third-order valence-electron chi connectivity index (χ3n) is 10.6. The molecule has 0 heterocycles. The highest BCUT2D eigenvalue weighted by Gasteiger charge is 2.19. The fourth-order valence-electron chi connectivity index (χ4n) is 6.15. The lowest BCUT2D eigenvalue weighted by Gasteiger charge is -2.13. The molecule has 1 unspecified atom stereocenters. The van der Waals surface area contributed by atoms with E-state index in [1.807, 2.05) is 5.92 Å². The smallest absolute Gasteiger partial charge is 0.344 e. The normalized spacial score (nSPS) is 10.2. The Hall–Kier alpha value is -7.14. The first kappa shape index (κ1) is 95.9. The Morgan fingerprint density at radius 1 is 0.455 bits per heavy atom. The van der Waals surface area contributed by atoms with Crippen molar-refractivity contribution >= 4 is 174 Å². The molecule has 0 saturated carbocycles. The van der Waals surface area contributed by atoms with Crippen LogP contribution in [0.4, 0.5) is 0 Å². The summed E-state index contributed by atoms with van der Waals surface area (Å²) in [4.78, 5) is 99.8. The summed E-state index contributed by atoms with van der Waals surface area (Å²) in [5, 5.41) is 19.6.